The average Bonchev–Trinajstić information content (AvgIpc) is 3.28. The van der Waals surface area contributed by atoms with E-state index in [9.17, 15) is 9.90 Å². The molecular weight excluding hydrogens is 461 g/mol. The molecule has 3 aromatic rings. The Hall–Kier alpha value is -2.22. The van der Waals surface area contributed by atoms with E-state index < -0.39 is 0 Å². The highest BCUT2D eigenvalue weighted by atomic mass is 35.5. The molecule has 164 valence electrons. The van der Waals surface area contributed by atoms with Crippen molar-refractivity contribution in [3.05, 3.63) is 64.0 Å². The fraction of sp³-hybridized carbons (Fsp3) is 0.227. The number of ketones is 1. The molecular formula is C22H22Cl3N3O3. The molecule has 0 atom stereocenters. The van der Waals surface area contributed by atoms with Crippen molar-refractivity contribution in [3.63, 3.8) is 0 Å². The monoisotopic (exact) mass is 481 g/mol. The standard InChI is InChI=1S/C22H20ClN3O3.2ClH/c23-17-10-15-21(28)19(9-13-11-25-18-4-2-1-3-14(13)18)29-22(15)16(20(17)27)12-26-7-5-24-6-8-26;;/h1-4,9-11,24-25,27H,5-8,12H2;2*1H. The maximum Gasteiger partial charge on any atom is 0.232 e. The molecule has 0 unspecified atom stereocenters. The van der Waals surface area contributed by atoms with E-state index in [1.165, 1.54) is 6.07 Å². The molecule has 3 heterocycles. The number of phenols is 1. The zero-order valence-electron chi connectivity index (χ0n) is 16.5. The van der Waals surface area contributed by atoms with E-state index >= 15 is 0 Å². The van der Waals surface area contributed by atoms with E-state index in [-0.39, 0.29) is 47.1 Å². The zero-order chi connectivity index (χ0) is 20.0. The first-order valence-corrected chi connectivity index (χ1v) is 9.97. The van der Waals surface area contributed by atoms with Gasteiger partial charge in [-0.3, -0.25) is 9.69 Å². The van der Waals surface area contributed by atoms with Gasteiger partial charge < -0.3 is 20.1 Å². The number of para-hydroxylation sites is 1. The number of benzene rings is 2. The molecule has 3 N–H and O–H groups in total. The molecule has 2 aliphatic heterocycles. The third kappa shape index (κ3) is 4.27. The molecule has 1 fully saturated rings. The van der Waals surface area contributed by atoms with E-state index in [0.717, 1.165) is 42.6 Å². The summed E-state index contributed by atoms with van der Waals surface area (Å²) in [6.45, 7) is 3.95. The van der Waals surface area contributed by atoms with Crippen LogP contribution in [-0.4, -0.2) is 47.0 Å². The number of piperazine rings is 1. The van der Waals surface area contributed by atoms with Gasteiger partial charge in [-0.05, 0) is 18.2 Å². The first kappa shape index (κ1) is 23.4. The molecule has 0 amide bonds. The molecule has 31 heavy (non-hydrogen) atoms. The first-order chi connectivity index (χ1) is 14.1. The Labute approximate surface area is 197 Å². The number of aromatic hydroxyl groups is 1. The Balaban J connectivity index is 0.00000136. The fourth-order valence-corrected chi connectivity index (χ4v) is 4.16. The Kier molecular flexibility index (Phi) is 7.19. The summed E-state index contributed by atoms with van der Waals surface area (Å²) >= 11 is 6.24. The van der Waals surface area contributed by atoms with Gasteiger partial charge in [-0.25, -0.2) is 0 Å². The lowest BCUT2D eigenvalue weighted by Crippen LogP contribution is -2.42. The van der Waals surface area contributed by atoms with Crippen LogP contribution in [0.1, 0.15) is 21.5 Å². The minimum atomic E-state index is -0.228. The van der Waals surface area contributed by atoms with Gasteiger partial charge in [0.2, 0.25) is 5.78 Å². The second-order valence-corrected chi connectivity index (χ2v) is 7.72. The summed E-state index contributed by atoms with van der Waals surface area (Å²) in [7, 11) is 0. The summed E-state index contributed by atoms with van der Waals surface area (Å²) in [5.74, 6) is 0.383. The highest BCUT2D eigenvalue weighted by Crippen LogP contribution is 2.44. The minimum Gasteiger partial charge on any atom is -0.506 e. The number of halogens is 3. The van der Waals surface area contributed by atoms with Crippen LogP contribution in [0.2, 0.25) is 5.02 Å². The van der Waals surface area contributed by atoms with Crippen molar-refractivity contribution < 1.29 is 14.6 Å². The molecule has 2 aliphatic rings. The zero-order valence-corrected chi connectivity index (χ0v) is 18.9. The molecule has 0 saturated carbocycles. The Morgan fingerprint density at radius 3 is 2.71 bits per heavy atom. The second-order valence-electron chi connectivity index (χ2n) is 7.32. The lowest BCUT2D eigenvalue weighted by Gasteiger charge is -2.28. The van der Waals surface area contributed by atoms with Crippen LogP contribution < -0.4 is 10.1 Å². The minimum absolute atomic E-state index is 0. The van der Waals surface area contributed by atoms with Gasteiger partial charge in [0.05, 0.1) is 16.1 Å². The van der Waals surface area contributed by atoms with Crippen molar-refractivity contribution in [2.75, 3.05) is 26.2 Å². The number of aromatic nitrogens is 1. The molecule has 0 aliphatic carbocycles. The molecule has 0 spiro atoms. The first-order valence-electron chi connectivity index (χ1n) is 9.59. The maximum atomic E-state index is 13.0. The number of carbonyl (C=O) groups is 1. The van der Waals surface area contributed by atoms with Crippen LogP contribution >= 0.6 is 36.4 Å². The normalized spacial score (nSPS) is 17.2. The molecule has 1 aromatic heterocycles. The smallest absolute Gasteiger partial charge is 0.232 e. The van der Waals surface area contributed by atoms with Crippen LogP contribution in [0.4, 0.5) is 0 Å². The Bertz CT molecular complexity index is 1150. The number of nitrogens with zero attached hydrogens (tertiary/aromatic N) is 1. The van der Waals surface area contributed by atoms with Gasteiger partial charge in [0, 0.05) is 55.4 Å². The van der Waals surface area contributed by atoms with Crippen LogP contribution in [0.5, 0.6) is 11.5 Å². The van der Waals surface area contributed by atoms with Crippen LogP contribution in [0, 0.1) is 0 Å². The van der Waals surface area contributed by atoms with Crippen molar-refractivity contribution in [1.82, 2.24) is 15.2 Å². The highest BCUT2D eigenvalue weighted by molar-refractivity contribution is 6.33. The van der Waals surface area contributed by atoms with Gasteiger partial charge in [0.15, 0.2) is 5.76 Å². The molecule has 0 bridgehead atoms. The molecule has 2 aromatic carbocycles. The van der Waals surface area contributed by atoms with E-state index in [2.05, 4.69) is 15.2 Å². The number of rotatable bonds is 3. The van der Waals surface area contributed by atoms with Crippen LogP contribution in [0.15, 0.2) is 42.3 Å². The lowest BCUT2D eigenvalue weighted by atomic mass is 10.0. The number of hydrogen-bond acceptors (Lipinski definition) is 5. The predicted octanol–water partition coefficient (Wildman–Crippen LogP) is 4.39. The summed E-state index contributed by atoms with van der Waals surface area (Å²) in [5.41, 5.74) is 2.81. The Morgan fingerprint density at radius 1 is 1.19 bits per heavy atom. The molecule has 6 nitrogen and oxygen atoms in total. The van der Waals surface area contributed by atoms with E-state index in [1.54, 1.807) is 6.08 Å². The number of Topliss-reactive ketones (excluding diaryl/α,β-unsaturated/α-hetero) is 1. The number of ether oxygens (including phenoxy) is 1. The van der Waals surface area contributed by atoms with Crippen molar-refractivity contribution in [2.24, 2.45) is 0 Å². The number of allylic oxidation sites excluding steroid dienone is 1. The third-order valence-corrected chi connectivity index (χ3v) is 5.77. The van der Waals surface area contributed by atoms with Gasteiger partial charge >= 0.3 is 0 Å². The van der Waals surface area contributed by atoms with Gasteiger partial charge in [-0.1, -0.05) is 29.8 Å². The van der Waals surface area contributed by atoms with Crippen molar-refractivity contribution in [3.8, 4) is 11.5 Å². The summed E-state index contributed by atoms with van der Waals surface area (Å²) < 4.78 is 5.99. The van der Waals surface area contributed by atoms with E-state index in [4.69, 9.17) is 16.3 Å². The van der Waals surface area contributed by atoms with Crippen molar-refractivity contribution in [2.45, 2.75) is 6.54 Å². The quantitative estimate of drug-likeness (QED) is 0.483. The SMILES string of the molecule is Cl.Cl.O=C1C(=Cc2c[nH]c3ccccc23)Oc2c1cc(Cl)c(O)c2CN1CCNCC1. The molecule has 1 saturated heterocycles. The topological polar surface area (TPSA) is 77.6 Å². The third-order valence-electron chi connectivity index (χ3n) is 5.48. The summed E-state index contributed by atoms with van der Waals surface area (Å²) in [6, 6.07) is 9.37. The highest BCUT2D eigenvalue weighted by Gasteiger charge is 2.33. The fourth-order valence-electron chi connectivity index (χ4n) is 3.94. The summed E-state index contributed by atoms with van der Waals surface area (Å²) in [5, 5.41) is 15.1. The van der Waals surface area contributed by atoms with E-state index in [0.29, 0.717) is 23.4 Å². The molecule has 5 rings (SSSR count). The number of hydrogen-bond donors (Lipinski definition) is 3. The van der Waals surface area contributed by atoms with Gasteiger partial charge in [0.25, 0.3) is 0 Å². The van der Waals surface area contributed by atoms with Crippen LogP contribution in [0.25, 0.3) is 17.0 Å². The molecule has 0 radical (unpaired) electrons. The predicted molar refractivity (Wildman–Crippen MR) is 127 cm³/mol. The van der Waals surface area contributed by atoms with Gasteiger partial charge in [-0.2, -0.15) is 0 Å². The number of aromatic amines is 1. The lowest BCUT2D eigenvalue weighted by molar-refractivity contribution is 0.101. The maximum absolute atomic E-state index is 13.0. The van der Waals surface area contributed by atoms with Gasteiger partial charge in [0.1, 0.15) is 11.5 Å². The number of H-pyrrole nitrogens is 1. The van der Waals surface area contributed by atoms with E-state index in [1.807, 2.05) is 30.5 Å². The second kappa shape index (κ2) is 9.51. The van der Waals surface area contributed by atoms with Crippen LogP contribution in [0.3, 0.4) is 0 Å². The molecule has 9 heteroatoms. The average molecular weight is 483 g/mol. The summed E-state index contributed by atoms with van der Waals surface area (Å²) in [6.07, 6.45) is 3.59. The van der Waals surface area contributed by atoms with Crippen molar-refractivity contribution in [1.29, 1.82) is 0 Å². The largest absolute Gasteiger partial charge is 0.506 e. The number of fused-ring (bicyclic) bond motifs is 2. The van der Waals surface area contributed by atoms with Crippen molar-refractivity contribution >= 4 is 59.2 Å². The van der Waals surface area contributed by atoms with Gasteiger partial charge in [-0.15, -0.1) is 24.8 Å². The number of carbonyl (C=O) groups excluding carboxylic acids is 1. The Morgan fingerprint density at radius 2 is 1.94 bits per heavy atom. The summed E-state index contributed by atoms with van der Waals surface area (Å²) in [4.78, 5) is 18.4. The van der Waals surface area contributed by atoms with Crippen LogP contribution in [-0.2, 0) is 6.54 Å². The number of phenolic OH excluding ortho intramolecular Hbond substituents is 1. The number of nitrogens with one attached hydrogen (secondary N) is 2.